The van der Waals surface area contributed by atoms with E-state index in [9.17, 15) is 9.90 Å². The molecule has 3 aromatic rings. The Labute approximate surface area is 191 Å². The van der Waals surface area contributed by atoms with E-state index in [0.29, 0.717) is 35.3 Å². The number of hydrogen-bond acceptors (Lipinski definition) is 6. The molecule has 2 aromatic carbocycles. The van der Waals surface area contributed by atoms with E-state index in [4.69, 9.17) is 20.9 Å². The number of aromatic nitrogens is 2. The maximum atomic E-state index is 11.2. The third-order valence-corrected chi connectivity index (χ3v) is 5.88. The quantitative estimate of drug-likeness (QED) is 0.463. The topological polar surface area (TPSA) is 97.5 Å². The van der Waals surface area contributed by atoms with Crippen LogP contribution in [-0.2, 0) is 4.79 Å². The van der Waals surface area contributed by atoms with E-state index >= 15 is 0 Å². The number of carboxylic acid groups (broad SMARTS) is 1. The van der Waals surface area contributed by atoms with Crippen LogP contribution < -0.4 is 10.1 Å². The first-order chi connectivity index (χ1) is 15.3. The first-order valence-corrected chi connectivity index (χ1v) is 11.1. The average molecular weight is 456 g/mol. The van der Waals surface area contributed by atoms with E-state index in [2.05, 4.69) is 15.5 Å². The van der Waals surface area contributed by atoms with Gasteiger partial charge >= 0.3 is 5.97 Å². The van der Waals surface area contributed by atoms with Gasteiger partial charge in [-0.2, -0.15) is 4.98 Å². The van der Waals surface area contributed by atoms with Crippen LogP contribution in [0.3, 0.4) is 0 Å². The fourth-order valence-corrected chi connectivity index (χ4v) is 4.24. The normalized spacial score (nSPS) is 18.2. The minimum atomic E-state index is -0.711. The maximum absolute atomic E-state index is 11.2. The van der Waals surface area contributed by atoms with E-state index in [-0.39, 0.29) is 18.1 Å². The molecular formula is C24H26ClN3O4. The molecule has 7 nitrogen and oxygen atoms in total. The van der Waals surface area contributed by atoms with Crippen molar-refractivity contribution in [1.29, 1.82) is 0 Å². The number of nitrogens with zero attached hydrogens (tertiary/aromatic N) is 2. The number of aryl methyl sites for hydroxylation is 1. The Balaban J connectivity index is 1.48. The number of carbonyl (C=O) groups is 1. The van der Waals surface area contributed by atoms with Crippen molar-refractivity contribution >= 4 is 23.3 Å². The molecule has 1 aromatic heterocycles. The van der Waals surface area contributed by atoms with E-state index in [1.807, 2.05) is 45.0 Å². The highest BCUT2D eigenvalue weighted by atomic mass is 35.5. The molecule has 0 bridgehead atoms. The van der Waals surface area contributed by atoms with Crippen molar-refractivity contribution in [3.05, 3.63) is 47.0 Å². The molecule has 0 spiro atoms. The molecule has 2 N–H and O–H groups in total. The molecular weight excluding hydrogens is 430 g/mol. The third-order valence-electron chi connectivity index (χ3n) is 5.59. The lowest BCUT2D eigenvalue weighted by atomic mass is 10.1. The summed E-state index contributed by atoms with van der Waals surface area (Å²) in [6, 6.07) is 11.5. The van der Waals surface area contributed by atoms with Gasteiger partial charge in [0.2, 0.25) is 5.82 Å². The molecule has 1 saturated carbocycles. The lowest BCUT2D eigenvalue weighted by Gasteiger charge is -2.15. The molecule has 0 saturated heterocycles. The van der Waals surface area contributed by atoms with Crippen molar-refractivity contribution < 1.29 is 19.2 Å². The Morgan fingerprint density at radius 1 is 1.25 bits per heavy atom. The molecule has 1 unspecified atom stereocenters. The van der Waals surface area contributed by atoms with Gasteiger partial charge in [-0.25, -0.2) is 0 Å². The van der Waals surface area contributed by atoms with Gasteiger partial charge in [-0.05, 0) is 82.0 Å². The SMILES string of the molecule is Cc1cc(NC2CC[C@@H](C(=O)O)C2)ccc1-c1noc(-c2ccc(OC(C)C)c(Cl)c2)n1. The summed E-state index contributed by atoms with van der Waals surface area (Å²) in [7, 11) is 0. The second-order valence-electron chi connectivity index (χ2n) is 8.45. The Bertz CT molecular complexity index is 1130. The van der Waals surface area contributed by atoms with Crippen LogP contribution in [0, 0.1) is 12.8 Å². The van der Waals surface area contributed by atoms with Crippen molar-refractivity contribution in [2.45, 2.75) is 52.2 Å². The van der Waals surface area contributed by atoms with Crippen LogP contribution in [-0.4, -0.2) is 33.4 Å². The standard InChI is InChI=1S/C24H26ClN3O4/c1-13(2)31-21-9-5-15(12-20(21)25)23-27-22(28-32-23)19-8-7-17(10-14(19)3)26-18-6-4-16(11-18)24(29)30/h5,7-10,12-13,16,18,26H,4,6,11H2,1-3H3,(H,29,30)/t16-,18?/m1/s1. The van der Waals surface area contributed by atoms with Crippen LogP contribution in [0.15, 0.2) is 40.9 Å². The minimum Gasteiger partial charge on any atom is -0.489 e. The third kappa shape index (κ3) is 4.88. The largest absolute Gasteiger partial charge is 0.489 e. The Kier molecular flexibility index (Phi) is 6.37. The van der Waals surface area contributed by atoms with E-state index in [1.165, 1.54) is 0 Å². The number of halogens is 1. The van der Waals surface area contributed by atoms with Gasteiger partial charge in [0.25, 0.3) is 5.89 Å². The first kappa shape index (κ1) is 22.1. The lowest BCUT2D eigenvalue weighted by molar-refractivity contribution is -0.141. The molecule has 1 fully saturated rings. The summed E-state index contributed by atoms with van der Waals surface area (Å²) in [5.74, 6) is 0.517. The van der Waals surface area contributed by atoms with E-state index in [0.717, 1.165) is 28.8 Å². The predicted molar refractivity (Wildman–Crippen MR) is 123 cm³/mol. The monoisotopic (exact) mass is 455 g/mol. The number of ether oxygens (including phenoxy) is 1. The van der Waals surface area contributed by atoms with Crippen molar-refractivity contribution in [1.82, 2.24) is 10.1 Å². The van der Waals surface area contributed by atoms with Gasteiger partial charge in [0.05, 0.1) is 17.0 Å². The summed E-state index contributed by atoms with van der Waals surface area (Å²) in [5.41, 5.74) is 3.54. The number of hydrogen-bond donors (Lipinski definition) is 2. The summed E-state index contributed by atoms with van der Waals surface area (Å²) in [6.07, 6.45) is 2.24. The van der Waals surface area contributed by atoms with Crippen LogP contribution >= 0.6 is 11.6 Å². The van der Waals surface area contributed by atoms with Gasteiger partial charge in [0.15, 0.2) is 0 Å². The Morgan fingerprint density at radius 3 is 2.72 bits per heavy atom. The van der Waals surface area contributed by atoms with Crippen molar-refractivity contribution in [2.75, 3.05) is 5.32 Å². The van der Waals surface area contributed by atoms with Gasteiger partial charge < -0.3 is 19.7 Å². The zero-order valence-corrected chi connectivity index (χ0v) is 19.0. The smallest absolute Gasteiger partial charge is 0.306 e. The second kappa shape index (κ2) is 9.20. The van der Waals surface area contributed by atoms with Crippen LogP contribution in [0.4, 0.5) is 5.69 Å². The van der Waals surface area contributed by atoms with Crippen LogP contribution in [0.2, 0.25) is 5.02 Å². The molecule has 8 heteroatoms. The van der Waals surface area contributed by atoms with Crippen molar-refractivity contribution in [3.63, 3.8) is 0 Å². The van der Waals surface area contributed by atoms with Gasteiger partial charge in [0.1, 0.15) is 5.75 Å². The van der Waals surface area contributed by atoms with Crippen LogP contribution in [0.5, 0.6) is 5.75 Å². The molecule has 4 rings (SSSR count). The van der Waals surface area contributed by atoms with Gasteiger partial charge in [-0.15, -0.1) is 0 Å². The number of rotatable bonds is 7. The van der Waals surface area contributed by atoms with E-state index < -0.39 is 5.97 Å². The molecule has 0 amide bonds. The predicted octanol–water partition coefficient (Wildman–Crippen LogP) is 5.82. The van der Waals surface area contributed by atoms with E-state index in [1.54, 1.807) is 12.1 Å². The van der Waals surface area contributed by atoms with Gasteiger partial charge in [-0.1, -0.05) is 16.8 Å². The summed E-state index contributed by atoms with van der Waals surface area (Å²) >= 11 is 6.33. The van der Waals surface area contributed by atoms with Crippen molar-refractivity contribution in [3.8, 4) is 28.6 Å². The highest BCUT2D eigenvalue weighted by molar-refractivity contribution is 6.32. The molecule has 1 aliphatic carbocycles. The second-order valence-corrected chi connectivity index (χ2v) is 8.86. The number of nitrogens with one attached hydrogen (secondary N) is 1. The average Bonchev–Trinajstić information content (AvgIpc) is 3.39. The number of aliphatic carboxylic acids is 1. The number of benzene rings is 2. The highest BCUT2D eigenvalue weighted by Crippen LogP contribution is 2.33. The zero-order chi connectivity index (χ0) is 22.8. The Morgan fingerprint density at radius 2 is 2.06 bits per heavy atom. The summed E-state index contributed by atoms with van der Waals surface area (Å²) in [6.45, 7) is 5.87. The van der Waals surface area contributed by atoms with Crippen LogP contribution in [0.25, 0.3) is 22.8 Å². The van der Waals surface area contributed by atoms with Gasteiger partial charge in [0, 0.05) is 22.9 Å². The minimum absolute atomic E-state index is 0.0288. The first-order valence-electron chi connectivity index (χ1n) is 10.7. The van der Waals surface area contributed by atoms with Crippen LogP contribution in [0.1, 0.15) is 38.7 Å². The fourth-order valence-electron chi connectivity index (χ4n) is 4.01. The number of anilines is 1. The fraction of sp³-hybridized carbons (Fsp3) is 0.375. The molecule has 2 atom stereocenters. The van der Waals surface area contributed by atoms with Gasteiger partial charge in [-0.3, -0.25) is 4.79 Å². The molecule has 0 aliphatic heterocycles. The highest BCUT2D eigenvalue weighted by Gasteiger charge is 2.29. The molecule has 1 heterocycles. The maximum Gasteiger partial charge on any atom is 0.306 e. The molecule has 1 aliphatic rings. The number of carboxylic acids is 1. The summed E-state index contributed by atoms with van der Waals surface area (Å²) in [4.78, 5) is 15.7. The molecule has 0 radical (unpaired) electrons. The summed E-state index contributed by atoms with van der Waals surface area (Å²) in [5, 5.41) is 17.3. The lowest BCUT2D eigenvalue weighted by Crippen LogP contribution is -2.17. The summed E-state index contributed by atoms with van der Waals surface area (Å²) < 4.78 is 11.1. The Hall–Kier alpha value is -3.06. The molecule has 32 heavy (non-hydrogen) atoms. The zero-order valence-electron chi connectivity index (χ0n) is 18.3. The molecule has 168 valence electrons. The van der Waals surface area contributed by atoms with Crippen molar-refractivity contribution in [2.24, 2.45) is 5.92 Å².